The molecule has 2 atom stereocenters. The molecule has 2 N–H and O–H groups in total. The largest absolute Gasteiger partial charge is 0.495 e. The molecule has 0 fully saturated rings. The van der Waals surface area contributed by atoms with Gasteiger partial charge in [0.05, 0.1) is 12.8 Å². The monoisotopic (exact) mass is 326 g/mol. The van der Waals surface area contributed by atoms with E-state index in [0.29, 0.717) is 0 Å². The van der Waals surface area contributed by atoms with Crippen LogP contribution in [-0.4, -0.2) is 25.1 Å². The van der Waals surface area contributed by atoms with Crippen molar-refractivity contribution in [1.29, 1.82) is 0 Å². The van der Waals surface area contributed by atoms with E-state index in [9.17, 15) is 4.79 Å². The van der Waals surface area contributed by atoms with E-state index in [4.69, 9.17) is 4.74 Å². The zero-order valence-electron chi connectivity index (χ0n) is 14.6. The van der Waals surface area contributed by atoms with Gasteiger partial charge in [-0.25, -0.2) is 0 Å². The summed E-state index contributed by atoms with van der Waals surface area (Å²) in [5.41, 5.74) is 2.11. The number of ether oxygens (including phenoxy) is 1. The number of anilines is 1. The highest BCUT2D eigenvalue weighted by Crippen LogP contribution is 2.23. The predicted molar refractivity (Wildman–Crippen MR) is 98.4 cm³/mol. The second kappa shape index (κ2) is 8.96. The van der Waals surface area contributed by atoms with Crippen LogP contribution in [-0.2, 0) is 11.2 Å². The topological polar surface area (TPSA) is 50.4 Å². The van der Waals surface area contributed by atoms with Gasteiger partial charge in [0.15, 0.2) is 0 Å². The highest BCUT2D eigenvalue weighted by Gasteiger charge is 2.16. The van der Waals surface area contributed by atoms with Gasteiger partial charge in [-0.3, -0.25) is 4.79 Å². The Hall–Kier alpha value is -2.49. The van der Waals surface area contributed by atoms with E-state index in [1.54, 1.807) is 7.11 Å². The van der Waals surface area contributed by atoms with Crippen molar-refractivity contribution in [2.75, 3.05) is 12.4 Å². The van der Waals surface area contributed by atoms with E-state index in [2.05, 4.69) is 22.8 Å². The summed E-state index contributed by atoms with van der Waals surface area (Å²) in [6.45, 7) is 3.89. The van der Waals surface area contributed by atoms with E-state index in [0.717, 1.165) is 24.3 Å². The normalized spacial score (nSPS) is 13.0. The first-order chi connectivity index (χ1) is 11.6. The molecule has 4 nitrogen and oxygen atoms in total. The molecule has 0 heterocycles. The maximum Gasteiger partial charge on any atom is 0.242 e. The minimum atomic E-state index is -0.333. The average Bonchev–Trinajstić information content (AvgIpc) is 2.61. The minimum Gasteiger partial charge on any atom is -0.495 e. The van der Waals surface area contributed by atoms with Crippen molar-refractivity contribution in [1.82, 2.24) is 5.32 Å². The molecule has 4 heteroatoms. The SMILES string of the molecule is COc1ccccc1N[C@H](C)C(=O)N[C@H](C)CCc1ccccc1. The number of hydrogen-bond acceptors (Lipinski definition) is 3. The molecule has 24 heavy (non-hydrogen) atoms. The number of amides is 1. The summed E-state index contributed by atoms with van der Waals surface area (Å²) < 4.78 is 5.30. The molecular weight excluding hydrogens is 300 g/mol. The predicted octanol–water partition coefficient (Wildman–Crippen LogP) is 3.63. The lowest BCUT2D eigenvalue weighted by Crippen LogP contribution is -2.42. The molecule has 0 unspecified atom stereocenters. The molecule has 0 bridgehead atoms. The summed E-state index contributed by atoms with van der Waals surface area (Å²) in [6, 6.07) is 17.7. The van der Waals surface area contributed by atoms with E-state index < -0.39 is 0 Å². The summed E-state index contributed by atoms with van der Waals surface area (Å²) in [6.07, 6.45) is 1.87. The van der Waals surface area contributed by atoms with E-state index >= 15 is 0 Å². The fourth-order valence-electron chi connectivity index (χ4n) is 2.53. The van der Waals surface area contributed by atoms with Gasteiger partial charge in [0.25, 0.3) is 0 Å². The molecule has 2 aromatic rings. The molecule has 0 radical (unpaired) electrons. The fourth-order valence-corrected chi connectivity index (χ4v) is 2.53. The smallest absolute Gasteiger partial charge is 0.242 e. The Morgan fingerprint density at radius 3 is 2.42 bits per heavy atom. The van der Waals surface area contributed by atoms with Crippen LogP contribution in [0, 0.1) is 0 Å². The van der Waals surface area contributed by atoms with Crippen LogP contribution in [0.1, 0.15) is 25.8 Å². The molecular formula is C20H26N2O2. The summed E-state index contributed by atoms with van der Waals surface area (Å²) in [5.74, 6) is 0.718. The highest BCUT2D eigenvalue weighted by molar-refractivity contribution is 5.84. The van der Waals surface area contributed by atoms with Crippen molar-refractivity contribution in [3.8, 4) is 5.75 Å². The first-order valence-electron chi connectivity index (χ1n) is 8.34. The van der Waals surface area contributed by atoms with Crippen molar-refractivity contribution >= 4 is 11.6 Å². The second-order valence-electron chi connectivity index (χ2n) is 6.00. The van der Waals surface area contributed by atoms with Crippen molar-refractivity contribution in [2.45, 2.75) is 38.8 Å². The van der Waals surface area contributed by atoms with Crippen LogP contribution in [0.4, 0.5) is 5.69 Å². The lowest BCUT2D eigenvalue weighted by Gasteiger charge is -2.20. The molecule has 0 spiro atoms. The fraction of sp³-hybridized carbons (Fsp3) is 0.350. The zero-order chi connectivity index (χ0) is 17.4. The van der Waals surface area contributed by atoms with E-state index in [1.807, 2.05) is 56.3 Å². The number of rotatable bonds is 8. The van der Waals surface area contributed by atoms with Crippen molar-refractivity contribution in [3.63, 3.8) is 0 Å². The summed E-state index contributed by atoms with van der Waals surface area (Å²) in [7, 11) is 1.62. The molecule has 2 aromatic carbocycles. The molecule has 128 valence electrons. The maximum atomic E-state index is 12.4. The Morgan fingerprint density at radius 1 is 1.04 bits per heavy atom. The third-order valence-corrected chi connectivity index (χ3v) is 3.97. The Kier molecular flexibility index (Phi) is 6.67. The molecule has 0 aromatic heterocycles. The van der Waals surface area contributed by atoms with Gasteiger partial charge in [0.2, 0.25) is 5.91 Å². The minimum absolute atomic E-state index is 0.0125. The van der Waals surface area contributed by atoms with Crippen LogP contribution < -0.4 is 15.4 Å². The molecule has 0 saturated heterocycles. The van der Waals surface area contributed by atoms with Gasteiger partial charge in [-0.1, -0.05) is 42.5 Å². The first kappa shape index (κ1) is 17.9. The number of carbonyl (C=O) groups excluding carboxylic acids is 1. The van der Waals surface area contributed by atoms with Crippen LogP contribution in [0.2, 0.25) is 0 Å². The van der Waals surface area contributed by atoms with Crippen LogP contribution >= 0.6 is 0 Å². The lowest BCUT2D eigenvalue weighted by molar-refractivity contribution is -0.122. The van der Waals surface area contributed by atoms with Crippen LogP contribution in [0.3, 0.4) is 0 Å². The summed E-state index contributed by atoms with van der Waals surface area (Å²) in [4.78, 5) is 12.4. The van der Waals surface area contributed by atoms with Crippen LogP contribution in [0.15, 0.2) is 54.6 Å². The molecule has 2 rings (SSSR count). The summed E-state index contributed by atoms with van der Waals surface area (Å²) in [5, 5.41) is 6.27. The van der Waals surface area contributed by atoms with Gasteiger partial charge in [0, 0.05) is 6.04 Å². The number of nitrogens with one attached hydrogen (secondary N) is 2. The second-order valence-corrected chi connectivity index (χ2v) is 6.00. The molecule has 0 saturated carbocycles. The van der Waals surface area contributed by atoms with E-state index in [-0.39, 0.29) is 18.0 Å². The standard InChI is InChI=1S/C20H26N2O2/c1-15(13-14-17-9-5-4-6-10-17)21-20(23)16(2)22-18-11-7-8-12-19(18)24-3/h4-12,15-16,22H,13-14H2,1-3H3,(H,21,23)/t15-,16-/m1/s1. The quantitative estimate of drug-likeness (QED) is 0.779. The van der Waals surface area contributed by atoms with Gasteiger partial charge in [0.1, 0.15) is 11.8 Å². The third-order valence-electron chi connectivity index (χ3n) is 3.97. The van der Waals surface area contributed by atoms with E-state index in [1.165, 1.54) is 5.56 Å². The Morgan fingerprint density at radius 2 is 1.71 bits per heavy atom. The molecule has 1 amide bonds. The number of methoxy groups -OCH3 is 1. The molecule has 0 aliphatic carbocycles. The van der Waals surface area contributed by atoms with Crippen LogP contribution in [0.5, 0.6) is 5.75 Å². The maximum absolute atomic E-state index is 12.4. The van der Waals surface area contributed by atoms with Gasteiger partial charge < -0.3 is 15.4 Å². The van der Waals surface area contributed by atoms with Crippen molar-refractivity contribution in [2.24, 2.45) is 0 Å². The average molecular weight is 326 g/mol. The lowest BCUT2D eigenvalue weighted by atomic mass is 10.1. The molecule has 0 aliphatic heterocycles. The number of carbonyl (C=O) groups is 1. The zero-order valence-corrected chi connectivity index (χ0v) is 14.6. The van der Waals surface area contributed by atoms with Gasteiger partial charge in [-0.05, 0) is 44.4 Å². The first-order valence-corrected chi connectivity index (χ1v) is 8.34. The third kappa shape index (κ3) is 5.30. The van der Waals surface area contributed by atoms with Gasteiger partial charge in [-0.2, -0.15) is 0 Å². The highest BCUT2D eigenvalue weighted by atomic mass is 16.5. The van der Waals surface area contributed by atoms with Crippen LogP contribution in [0.25, 0.3) is 0 Å². The summed E-state index contributed by atoms with van der Waals surface area (Å²) >= 11 is 0. The molecule has 0 aliphatic rings. The van der Waals surface area contributed by atoms with Crippen molar-refractivity contribution < 1.29 is 9.53 Å². The number of para-hydroxylation sites is 2. The van der Waals surface area contributed by atoms with Gasteiger partial charge >= 0.3 is 0 Å². The Bertz CT molecular complexity index is 643. The van der Waals surface area contributed by atoms with Gasteiger partial charge in [-0.15, -0.1) is 0 Å². The number of hydrogen-bond donors (Lipinski definition) is 2. The number of benzene rings is 2. The Labute approximate surface area is 144 Å². The Balaban J connectivity index is 1.82. The number of aryl methyl sites for hydroxylation is 1. The van der Waals surface area contributed by atoms with Crippen molar-refractivity contribution in [3.05, 3.63) is 60.2 Å².